The van der Waals surface area contributed by atoms with Crippen LogP contribution in [0.25, 0.3) is 0 Å². The van der Waals surface area contributed by atoms with Gasteiger partial charge in [0.2, 0.25) is 0 Å². The van der Waals surface area contributed by atoms with E-state index in [0.717, 1.165) is 6.42 Å². The normalized spacial score (nSPS) is 15.6. The van der Waals surface area contributed by atoms with Gasteiger partial charge in [-0.3, -0.25) is 0 Å². The Morgan fingerprint density at radius 1 is 1.55 bits per heavy atom. The van der Waals surface area contributed by atoms with Crippen molar-refractivity contribution in [3.63, 3.8) is 0 Å². The van der Waals surface area contributed by atoms with Crippen LogP contribution in [0.5, 0.6) is 0 Å². The second kappa shape index (κ2) is 5.09. The Bertz CT molecular complexity index is 124. The van der Waals surface area contributed by atoms with E-state index in [4.69, 9.17) is 10.2 Å². The van der Waals surface area contributed by atoms with E-state index >= 15 is 0 Å². The fraction of sp³-hybridized carbons (Fsp3) is 0.857. The predicted octanol–water partition coefficient (Wildman–Crippen LogP) is -0.319. The number of carbonyl (C=O) groups is 1. The molecule has 0 saturated heterocycles. The van der Waals surface area contributed by atoms with Crippen molar-refractivity contribution in [2.24, 2.45) is 0 Å². The fourth-order valence-corrected chi connectivity index (χ4v) is 0.731. The third-order valence-electron chi connectivity index (χ3n) is 1.39. The van der Waals surface area contributed by atoms with Crippen LogP contribution < -0.4 is 0 Å². The summed E-state index contributed by atoms with van der Waals surface area (Å²) in [6.07, 6.45) is -1.29. The summed E-state index contributed by atoms with van der Waals surface area (Å²) in [4.78, 5) is 10.6. The molecule has 66 valence electrons. The number of aliphatic hydroxyl groups excluding tert-OH is 2. The Morgan fingerprint density at radius 3 is 2.45 bits per heavy atom. The third-order valence-corrected chi connectivity index (χ3v) is 1.39. The average molecular weight is 162 g/mol. The van der Waals surface area contributed by atoms with Crippen LogP contribution >= 0.6 is 0 Å². The number of rotatable bonds is 4. The van der Waals surface area contributed by atoms with Crippen LogP contribution in [0.1, 0.15) is 19.8 Å². The largest absolute Gasteiger partial charge is 0.467 e. The van der Waals surface area contributed by atoms with Gasteiger partial charge in [-0.2, -0.15) is 0 Å². The molecule has 4 nitrogen and oxygen atoms in total. The minimum absolute atomic E-state index is 0.399. The van der Waals surface area contributed by atoms with Crippen molar-refractivity contribution in [3.05, 3.63) is 0 Å². The highest BCUT2D eigenvalue weighted by atomic mass is 16.5. The highest BCUT2D eigenvalue weighted by Gasteiger charge is 2.23. The van der Waals surface area contributed by atoms with Crippen molar-refractivity contribution in [2.45, 2.75) is 32.0 Å². The van der Waals surface area contributed by atoms with Crippen molar-refractivity contribution in [2.75, 3.05) is 7.11 Å². The van der Waals surface area contributed by atoms with Gasteiger partial charge in [0.05, 0.1) is 13.2 Å². The van der Waals surface area contributed by atoms with Crippen LogP contribution in [0.4, 0.5) is 0 Å². The molecule has 2 N–H and O–H groups in total. The molecule has 0 rings (SSSR count). The number of aliphatic hydroxyl groups is 2. The maximum absolute atomic E-state index is 10.6. The lowest BCUT2D eigenvalue weighted by atomic mass is 10.1. The zero-order chi connectivity index (χ0) is 8.85. The number of esters is 1. The van der Waals surface area contributed by atoms with Gasteiger partial charge in [-0.15, -0.1) is 0 Å². The molecule has 0 bridgehead atoms. The maximum Gasteiger partial charge on any atom is 0.337 e. The molecule has 0 aromatic carbocycles. The molecule has 0 saturated carbocycles. The van der Waals surface area contributed by atoms with Crippen LogP contribution in [0.3, 0.4) is 0 Å². The van der Waals surface area contributed by atoms with Gasteiger partial charge in [-0.05, 0) is 6.42 Å². The van der Waals surface area contributed by atoms with E-state index in [2.05, 4.69) is 4.74 Å². The molecule has 0 aliphatic heterocycles. The first kappa shape index (κ1) is 10.4. The zero-order valence-electron chi connectivity index (χ0n) is 6.78. The lowest BCUT2D eigenvalue weighted by molar-refractivity contribution is -0.156. The summed E-state index contributed by atoms with van der Waals surface area (Å²) < 4.78 is 4.23. The summed E-state index contributed by atoms with van der Waals surface area (Å²) in [5, 5.41) is 18.1. The van der Waals surface area contributed by atoms with Crippen molar-refractivity contribution in [3.8, 4) is 0 Å². The summed E-state index contributed by atoms with van der Waals surface area (Å²) in [6, 6.07) is 0. The topological polar surface area (TPSA) is 66.8 Å². The third kappa shape index (κ3) is 3.34. The Balaban J connectivity index is 3.80. The van der Waals surface area contributed by atoms with Gasteiger partial charge in [-0.1, -0.05) is 13.3 Å². The molecule has 0 radical (unpaired) electrons. The smallest absolute Gasteiger partial charge is 0.337 e. The second-order valence-electron chi connectivity index (χ2n) is 2.32. The Morgan fingerprint density at radius 2 is 2.09 bits per heavy atom. The van der Waals surface area contributed by atoms with E-state index in [-0.39, 0.29) is 0 Å². The Kier molecular flexibility index (Phi) is 4.81. The Labute approximate surface area is 65.8 Å². The molecule has 0 fully saturated rings. The number of hydrogen-bond acceptors (Lipinski definition) is 4. The van der Waals surface area contributed by atoms with Gasteiger partial charge < -0.3 is 14.9 Å². The molecule has 0 aromatic heterocycles. The standard InChI is InChI=1S/C7H14O4/c1-3-4-5(8)6(9)7(10)11-2/h5-6,8-9H,3-4H2,1-2H3/t5-,6+/m1/s1. The monoisotopic (exact) mass is 162 g/mol. The summed E-state index contributed by atoms with van der Waals surface area (Å²) in [5.41, 5.74) is 0. The van der Waals surface area contributed by atoms with Gasteiger partial charge >= 0.3 is 5.97 Å². The molecule has 0 heterocycles. The lowest BCUT2D eigenvalue weighted by Gasteiger charge is -2.13. The van der Waals surface area contributed by atoms with Gasteiger partial charge in [0, 0.05) is 0 Å². The van der Waals surface area contributed by atoms with Crippen LogP contribution in [0.2, 0.25) is 0 Å². The summed E-state index contributed by atoms with van der Waals surface area (Å²) in [6.45, 7) is 1.85. The number of hydrogen-bond donors (Lipinski definition) is 2. The number of methoxy groups -OCH3 is 1. The molecule has 2 atom stereocenters. The first-order valence-electron chi connectivity index (χ1n) is 3.57. The zero-order valence-corrected chi connectivity index (χ0v) is 6.78. The van der Waals surface area contributed by atoms with Crippen LogP contribution in [-0.4, -0.2) is 35.5 Å². The summed E-state index contributed by atoms with van der Waals surface area (Å²) >= 11 is 0. The van der Waals surface area contributed by atoms with E-state index in [1.54, 1.807) is 0 Å². The molecule has 0 aliphatic carbocycles. The molecule has 4 heteroatoms. The minimum atomic E-state index is -1.40. The van der Waals surface area contributed by atoms with E-state index in [9.17, 15) is 4.79 Å². The van der Waals surface area contributed by atoms with Crippen molar-refractivity contribution in [1.82, 2.24) is 0 Å². The minimum Gasteiger partial charge on any atom is -0.467 e. The van der Waals surface area contributed by atoms with Crippen molar-refractivity contribution in [1.29, 1.82) is 0 Å². The van der Waals surface area contributed by atoms with Crippen LogP contribution in [0.15, 0.2) is 0 Å². The van der Waals surface area contributed by atoms with Gasteiger partial charge in [0.25, 0.3) is 0 Å². The number of ether oxygens (including phenoxy) is 1. The Hall–Kier alpha value is -0.610. The fourth-order valence-electron chi connectivity index (χ4n) is 0.731. The second-order valence-corrected chi connectivity index (χ2v) is 2.32. The summed E-state index contributed by atoms with van der Waals surface area (Å²) in [5.74, 6) is -0.786. The molecule has 0 amide bonds. The first-order chi connectivity index (χ1) is 5.13. The van der Waals surface area contributed by atoms with E-state index in [0.29, 0.717) is 6.42 Å². The van der Waals surface area contributed by atoms with Crippen molar-refractivity contribution < 1.29 is 19.7 Å². The molecule has 0 spiro atoms. The van der Waals surface area contributed by atoms with Gasteiger partial charge in [-0.25, -0.2) is 4.79 Å². The van der Waals surface area contributed by atoms with Crippen molar-refractivity contribution >= 4 is 5.97 Å². The molecular formula is C7H14O4. The quantitative estimate of drug-likeness (QED) is 0.556. The lowest BCUT2D eigenvalue weighted by Crippen LogP contribution is -2.34. The van der Waals surface area contributed by atoms with Gasteiger partial charge in [0.15, 0.2) is 6.10 Å². The number of carbonyl (C=O) groups excluding carboxylic acids is 1. The predicted molar refractivity (Wildman–Crippen MR) is 38.9 cm³/mol. The first-order valence-corrected chi connectivity index (χ1v) is 3.57. The summed E-state index contributed by atoms with van der Waals surface area (Å²) in [7, 11) is 1.17. The maximum atomic E-state index is 10.6. The van der Waals surface area contributed by atoms with E-state index in [1.165, 1.54) is 7.11 Å². The molecule has 11 heavy (non-hydrogen) atoms. The molecule has 0 aliphatic rings. The van der Waals surface area contributed by atoms with E-state index in [1.807, 2.05) is 6.92 Å². The van der Waals surface area contributed by atoms with Gasteiger partial charge in [0.1, 0.15) is 0 Å². The molecule has 0 unspecified atom stereocenters. The highest BCUT2D eigenvalue weighted by molar-refractivity contribution is 5.74. The highest BCUT2D eigenvalue weighted by Crippen LogP contribution is 2.02. The van der Waals surface area contributed by atoms with E-state index < -0.39 is 18.2 Å². The average Bonchev–Trinajstić information content (AvgIpc) is 2.02. The molecular weight excluding hydrogens is 148 g/mol. The van der Waals surface area contributed by atoms with Crippen LogP contribution in [0, 0.1) is 0 Å². The molecule has 0 aromatic rings. The SMILES string of the molecule is CCC[C@@H](O)[C@H](O)C(=O)OC. The van der Waals surface area contributed by atoms with Crippen LogP contribution in [-0.2, 0) is 9.53 Å².